The fourth-order valence-corrected chi connectivity index (χ4v) is 1.42. The summed E-state index contributed by atoms with van der Waals surface area (Å²) in [7, 11) is 0. The van der Waals surface area contributed by atoms with Crippen molar-refractivity contribution in [3.63, 3.8) is 0 Å². The molecule has 0 fully saturated rings. The Hall–Kier alpha value is -0.470. The molecule has 12 heavy (non-hydrogen) atoms. The van der Waals surface area contributed by atoms with E-state index in [4.69, 9.17) is 5.11 Å². The second-order valence-electron chi connectivity index (χ2n) is 2.81. The van der Waals surface area contributed by atoms with Crippen molar-refractivity contribution in [3.05, 3.63) is 29.8 Å². The lowest BCUT2D eigenvalue weighted by Gasteiger charge is -2.02. The van der Waals surface area contributed by atoms with Gasteiger partial charge in [0.05, 0.1) is 0 Å². The number of hydrogen-bond acceptors (Lipinski definition) is 2. The number of benzene rings is 1. The minimum absolute atomic E-state index is 0.286. The van der Waals surface area contributed by atoms with E-state index in [1.165, 1.54) is 5.56 Å². The maximum Gasteiger partial charge on any atom is 0.0431 e. The molecular weight excluding hydrogens is 168 g/mol. The first-order chi connectivity index (χ1) is 5.84. The Morgan fingerprint density at radius 3 is 2.58 bits per heavy atom. The number of aliphatic hydroxyl groups is 1. The quantitative estimate of drug-likeness (QED) is 0.541. The Balaban J connectivity index is 2.46. The molecule has 1 aromatic carbocycles. The molecule has 1 rings (SSSR count). The van der Waals surface area contributed by atoms with E-state index in [0.29, 0.717) is 0 Å². The van der Waals surface area contributed by atoms with Gasteiger partial charge in [0.2, 0.25) is 0 Å². The predicted molar refractivity (Wildman–Crippen MR) is 53.7 cm³/mol. The second kappa shape index (κ2) is 5.22. The molecule has 0 saturated carbocycles. The molecular formula is C10H14OS. The molecule has 0 amide bonds. The number of unbranched alkanes of at least 4 members (excludes halogenated alkanes) is 1. The van der Waals surface area contributed by atoms with Crippen molar-refractivity contribution in [3.8, 4) is 0 Å². The third kappa shape index (κ3) is 2.88. The molecule has 0 heterocycles. The van der Waals surface area contributed by atoms with E-state index in [1.807, 2.05) is 18.2 Å². The molecule has 0 atom stereocenters. The molecule has 0 bridgehead atoms. The van der Waals surface area contributed by atoms with Gasteiger partial charge in [-0.15, -0.1) is 12.6 Å². The highest BCUT2D eigenvalue weighted by atomic mass is 32.1. The van der Waals surface area contributed by atoms with Crippen LogP contribution >= 0.6 is 12.6 Å². The van der Waals surface area contributed by atoms with Crippen molar-refractivity contribution in [1.82, 2.24) is 0 Å². The van der Waals surface area contributed by atoms with Crippen LogP contribution in [0.4, 0.5) is 0 Å². The van der Waals surface area contributed by atoms with E-state index >= 15 is 0 Å². The van der Waals surface area contributed by atoms with Gasteiger partial charge in [0.1, 0.15) is 0 Å². The number of aliphatic hydroxyl groups excluding tert-OH is 1. The van der Waals surface area contributed by atoms with E-state index in [0.717, 1.165) is 24.2 Å². The zero-order valence-corrected chi connectivity index (χ0v) is 7.93. The molecule has 0 aromatic heterocycles. The molecule has 0 unspecified atom stereocenters. The fourth-order valence-electron chi connectivity index (χ4n) is 1.15. The molecule has 1 nitrogen and oxygen atoms in total. The van der Waals surface area contributed by atoms with Gasteiger partial charge in [-0.25, -0.2) is 0 Å². The lowest BCUT2D eigenvalue weighted by Crippen LogP contribution is -1.89. The third-order valence-electron chi connectivity index (χ3n) is 1.85. The first kappa shape index (κ1) is 9.62. The van der Waals surface area contributed by atoms with Crippen molar-refractivity contribution in [2.24, 2.45) is 0 Å². The number of hydrogen-bond donors (Lipinski definition) is 2. The van der Waals surface area contributed by atoms with Gasteiger partial charge < -0.3 is 5.11 Å². The van der Waals surface area contributed by atoms with Gasteiger partial charge in [0.15, 0.2) is 0 Å². The Labute approximate surface area is 78.8 Å². The zero-order valence-electron chi connectivity index (χ0n) is 7.03. The maximum absolute atomic E-state index is 8.59. The first-order valence-electron chi connectivity index (χ1n) is 4.22. The molecule has 0 saturated heterocycles. The van der Waals surface area contributed by atoms with E-state index in [2.05, 4.69) is 18.7 Å². The van der Waals surface area contributed by atoms with Crippen molar-refractivity contribution in [1.29, 1.82) is 0 Å². The highest BCUT2D eigenvalue weighted by Crippen LogP contribution is 2.14. The molecule has 0 radical (unpaired) electrons. The van der Waals surface area contributed by atoms with Gasteiger partial charge in [0.25, 0.3) is 0 Å². The number of aryl methyl sites for hydroxylation is 1. The summed E-state index contributed by atoms with van der Waals surface area (Å²) >= 11 is 4.34. The van der Waals surface area contributed by atoms with E-state index in [9.17, 15) is 0 Å². The van der Waals surface area contributed by atoms with Gasteiger partial charge in [-0.3, -0.25) is 0 Å². The lowest BCUT2D eigenvalue weighted by molar-refractivity contribution is 0.284. The van der Waals surface area contributed by atoms with Crippen LogP contribution < -0.4 is 0 Å². The molecule has 66 valence electrons. The largest absolute Gasteiger partial charge is 0.396 e. The highest BCUT2D eigenvalue weighted by Gasteiger charge is 1.96. The standard InChI is InChI=1S/C10H14OS/c11-8-4-3-6-9-5-1-2-7-10(9)12/h1-2,5,7,11-12H,3-4,6,8H2. The van der Waals surface area contributed by atoms with Crippen LogP contribution in [0.25, 0.3) is 0 Å². The molecule has 1 aromatic rings. The van der Waals surface area contributed by atoms with Crippen LogP contribution in [0.2, 0.25) is 0 Å². The van der Waals surface area contributed by atoms with E-state index < -0.39 is 0 Å². The first-order valence-corrected chi connectivity index (χ1v) is 4.67. The summed E-state index contributed by atoms with van der Waals surface area (Å²) in [6.45, 7) is 0.286. The highest BCUT2D eigenvalue weighted by molar-refractivity contribution is 7.80. The minimum atomic E-state index is 0.286. The van der Waals surface area contributed by atoms with Crippen LogP contribution in [-0.2, 0) is 6.42 Å². The summed E-state index contributed by atoms with van der Waals surface area (Å²) in [5.74, 6) is 0. The summed E-state index contributed by atoms with van der Waals surface area (Å²) < 4.78 is 0. The monoisotopic (exact) mass is 182 g/mol. The van der Waals surface area contributed by atoms with Gasteiger partial charge in [-0.1, -0.05) is 18.2 Å². The van der Waals surface area contributed by atoms with E-state index in [1.54, 1.807) is 0 Å². The summed E-state index contributed by atoms with van der Waals surface area (Å²) in [4.78, 5) is 1.05. The van der Waals surface area contributed by atoms with Crippen LogP contribution in [0.3, 0.4) is 0 Å². The lowest BCUT2D eigenvalue weighted by atomic mass is 10.1. The predicted octanol–water partition coefficient (Wildman–Crippen LogP) is 2.29. The van der Waals surface area contributed by atoms with Gasteiger partial charge in [-0.05, 0) is 30.9 Å². The molecule has 0 aliphatic heterocycles. The summed E-state index contributed by atoms with van der Waals surface area (Å²) in [6.07, 6.45) is 2.93. The fraction of sp³-hybridized carbons (Fsp3) is 0.400. The third-order valence-corrected chi connectivity index (χ3v) is 2.28. The number of thiol groups is 1. The van der Waals surface area contributed by atoms with Crippen LogP contribution in [0.1, 0.15) is 18.4 Å². The Kier molecular flexibility index (Phi) is 4.19. The summed E-state index contributed by atoms with van der Waals surface area (Å²) in [5, 5.41) is 8.59. The molecule has 0 aliphatic rings. The van der Waals surface area contributed by atoms with Crippen LogP contribution in [-0.4, -0.2) is 11.7 Å². The van der Waals surface area contributed by atoms with Crippen molar-refractivity contribution in [2.45, 2.75) is 24.2 Å². The Morgan fingerprint density at radius 1 is 1.17 bits per heavy atom. The molecule has 0 aliphatic carbocycles. The smallest absolute Gasteiger partial charge is 0.0431 e. The second-order valence-corrected chi connectivity index (χ2v) is 3.29. The van der Waals surface area contributed by atoms with Crippen molar-refractivity contribution < 1.29 is 5.11 Å². The average Bonchev–Trinajstić information content (AvgIpc) is 2.09. The number of rotatable bonds is 4. The maximum atomic E-state index is 8.59. The minimum Gasteiger partial charge on any atom is -0.396 e. The van der Waals surface area contributed by atoms with Crippen molar-refractivity contribution in [2.75, 3.05) is 6.61 Å². The van der Waals surface area contributed by atoms with Gasteiger partial charge in [-0.2, -0.15) is 0 Å². The normalized spacial score (nSPS) is 10.2. The van der Waals surface area contributed by atoms with Crippen molar-refractivity contribution >= 4 is 12.6 Å². The molecule has 0 spiro atoms. The summed E-state index contributed by atoms with van der Waals surface area (Å²) in [6, 6.07) is 8.09. The topological polar surface area (TPSA) is 20.2 Å². The Bertz CT molecular complexity index is 235. The SMILES string of the molecule is OCCCCc1ccccc1S. The van der Waals surface area contributed by atoms with Crippen LogP contribution in [0.5, 0.6) is 0 Å². The van der Waals surface area contributed by atoms with E-state index in [-0.39, 0.29) is 6.61 Å². The summed E-state index contributed by atoms with van der Waals surface area (Å²) in [5.41, 5.74) is 1.27. The van der Waals surface area contributed by atoms with Gasteiger partial charge in [0, 0.05) is 11.5 Å². The zero-order chi connectivity index (χ0) is 8.81. The van der Waals surface area contributed by atoms with Crippen LogP contribution in [0, 0.1) is 0 Å². The van der Waals surface area contributed by atoms with Crippen LogP contribution in [0.15, 0.2) is 29.2 Å². The molecule has 2 heteroatoms. The Morgan fingerprint density at radius 2 is 1.92 bits per heavy atom. The van der Waals surface area contributed by atoms with Gasteiger partial charge >= 0.3 is 0 Å². The average molecular weight is 182 g/mol. The molecule has 1 N–H and O–H groups in total.